The first-order chi connectivity index (χ1) is 3.30. The molecular weight excluding hydrogens is 112 g/mol. The highest BCUT2D eigenvalue weighted by atomic mass is 32.1. The van der Waals surface area contributed by atoms with Gasteiger partial charge in [0.25, 0.3) is 0 Å². The van der Waals surface area contributed by atoms with E-state index in [-0.39, 0.29) is 0 Å². The van der Waals surface area contributed by atoms with Crippen molar-refractivity contribution in [1.29, 1.82) is 0 Å². The number of amidine groups is 1. The van der Waals surface area contributed by atoms with Crippen LogP contribution in [0.4, 0.5) is 0 Å². The number of rotatable bonds is 0. The lowest BCUT2D eigenvalue weighted by Gasteiger charge is -2.14. The molecule has 0 atom stereocenters. The maximum atomic E-state index is 4.68. The van der Waals surface area contributed by atoms with Gasteiger partial charge in [0.2, 0.25) is 0 Å². The summed E-state index contributed by atoms with van der Waals surface area (Å²) in [6.45, 7) is 0. The molecule has 1 heterocycles. The highest BCUT2D eigenvalue weighted by molar-refractivity contribution is 7.77. The normalized spacial score (nSPS) is 19.0. The van der Waals surface area contributed by atoms with Crippen LogP contribution in [0.1, 0.15) is 0 Å². The van der Waals surface area contributed by atoms with Gasteiger partial charge in [-0.2, -0.15) is 5.10 Å². The minimum Gasteiger partial charge on any atom is -0.739 e. The lowest BCUT2D eigenvalue weighted by atomic mass is 11.1. The molecule has 7 heavy (non-hydrogen) atoms. The molecule has 0 saturated heterocycles. The van der Waals surface area contributed by atoms with Crippen LogP contribution in [0.2, 0.25) is 0 Å². The minimum absolute atomic E-state index is 0.528. The van der Waals surface area contributed by atoms with E-state index >= 15 is 0 Å². The van der Waals surface area contributed by atoms with Gasteiger partial charge in [-0.05, 0) is 0 Å². The Morgan fingerprint density at radius 1 is 1.86 bits per heavy atom. The topological polar surface area (TPSA) is 39.7 Å². The molecule has 0 aromatic carbocycles. The molecule has 0 radical (unpaired) electrons. The molecule has 0 aromatic heterocycles. The maximum absolute atomic E-state index is 4.68. The first-order valence-corrected chi connectivity index (χ1v) is 2.20. The van der Waals surface area contributed by atoms with Crippen molar-refractivity contribution in [2.45, 2.75) is 0 Å². The van der Waals surface area contributed by atoms with Crippen LogP contribution in [0.25, 0.3) is 0 Å². The van der Waals surface area contributed by atoms with Gasteiger partial charge in [0.1, 0.15) is 0 Å². The second-order valence-electron chi connectivity index (χ2n) is 1.18. The first-order valence-electron chi connectivity index (χ1n) is 1.80. The van der Waals surface area contributed by atoms with Gasteiger partial charge in [0.05, 0.1) is 0 Å². The molecule has 0 fully saturated rings. The van der Waals surface area contributed by atoms with E-state index in [0.29, 0.717) is 5.17 Å². The van der Waals surface area contributed by atoms with Crippen LogP contribution in [-0.4, -0.2) is 17.2 Å². The van der Waals surface area contributed by atoms with Crippen LogP contribution in [0.5, 0.6) is 0 Å². The van der Waals surface area contributed by atoms with Gasteiger partial charge in [-0.15, -0.1) is 5.53 Å². The highest BCUT2D eigenvalue weighted by Crippen LogP contribution is 1.81. The van der Waals surface area contributed by atoms with Crippen molar-refractivity contribution in [3.8, 4) is 0 Å². The molecule has 0 bridgehead atoms. The van der Waals surface area contributed by atoms with Gasteiger partial charge in [-0.25, -0.2) is 5.53 Å². The number of nitrogens with zero attached hydrogens (tertiary/aromatic N) is 2. The van der Waals surface area contributed by atoms with E-state index in [4.69, 9.17) is 0 Å². The van der Waals surface area contributed by atoms with Crippen LogP contribution < -0.4 is 11.1 Å². The third kappa shape index (κ3) is 0.726. The molecule has 0 aromatic rings. The number of hydrogen-bond acceptors (Lipinski definition) is 5. The van der Waals surface area contributed by atoms with Crippen molar-refractivity contribution >= 4 is 17.8 Å². The predicted octanol–water partition coefficient (Wildman–Crippen LogP) is -1.24. The van der Waals surface area contributed by atoms with Crippen molar-refractivity contribution in [3.05, 3.63) is 0 Å². The van der Waals surface area contributed by atoms with Crippen LogP contribution in [-0.2, 0) is 12.6 Å². The van der Waals surface area contributed by atoms with Gasteiger partial charge >= 0.3 is 0 Å². The van der Waals surface area contributed by atoms with Gasteiger partial charge in [-0.3, -0.25) is 5.01 Å². The summed E-state index contributed by atoms with van der Waals surface area (Å²) < 4.78 is 0. The Labute approximate surface area is 46.9 Å². The zero-order valence-corrected chi connectivity index (χ0v) is 4.62. The summed E-state index contributed by atoms with van der Waals surface area (Å²) in [5.74, 6) is 0. The fourth-order valence-corrected chi connectivity index (χ4v) is 0.362. The molecule has 0 amide bonds. The van der Waals surface area contributed by atoms with Crippen molar-refractivity contribution in [2.24, 2.45) is 5.10 Å². The molecule has 0 aliphatic carbocycles. The van der Waals surface area contributed by atoms with Crippen LogP contribution >= 0.6 is 0 Å². The lowest BCUT2D eigenvalue weighted by molar-refractivity contribution is 0.352. The molecule has 2 N–H and O–H groups in total. The Hall–Kier alpha value is -0.550. The van der Waals surface area contributed by atoms with E-state index in [0.717, 1.165) is 0 Å². The summed E-state index contributed by atoms with van der Waals surface area (Å²) in [5, 5.41) is 5.75. The van der Waals surface area contributed by atoms with E-state index in [9.17, 15) is 0 Å². The van der Waals surface area contributed by atoms with E-state index in [2.05, 4.69) is 28.8 Å². The number of hydrazine groups is 2. The molecular formula is C2H5N4S-. The standard InChI is InChI=1S/C2H6N4S/c1-6-2(7)3-4-5-6/h4-5H,1H3,(H,3,7)/p-1. The minimum atomic E-state index is 0.528. The van der Waals surface area contributed by atoms with Gasteiger partial charge in [0, 0.05) is 12.2 Å². The summed E-state index contributed by atoms with van der Waals surface area (Å²) in [7, 11) is 1.78. The molecule has 40 valence electrons. The second-order valence-corrected chi connectivity index (χ2v) is 1.54. The number of hydrazone groups is 1. The van der Waals surface area contributed by atoms with Crippen molar-refractivity contribution in [3.63, 3.8) is 0 Å². The van der Waals surface area contributed by atoms with Crippen molar-refractivity contribution < 1.29 is 0 Å². The van der Waals surface area contributed by atoms with Crippen molar-refractivity contribution in [2.75, 3.05) is 7.05 Å². The third-order valence-corrected chi connectivity index (χ3v) is 1.02. The molecule has 5 heteroatoms. The number of nitrogens with one attached hydrogen (secondary N) is 2. The van der Waals surface area contributed by atoms with Crippen LogP contribution in [0.3, 0.4) is 0 Å². The zero-order valence-electron chi connectivity index (χ0n) is 3.80. The molecule has 0 spiro atoms. The molecule has 0 unspecified atom stereocenters. The summed E-state index contributed by atoms with van der Waals surface area (Å²) >= 11 is 4.68. The second kappa shape index (κ2) is 1.51. The maximum Gasteiger partial charge on any atom is 0.0244 e. The average molecular weight is 117 g/mol. The van der Waals surface area contributed by atoms with Gasteiger partial charge < -0.3 is 12.6 Å². The van der Waals surface area contributed by atoms with Crippen LogP contribution in [0.15, 0.2) is 5.10 Å². The van der Waals surface area contributed by atoms with Gasteiger partial charge in [0.15, 0.2) is 0 Å². The van der Waals surface area contributed by atoms with Crippen molar-refractivity contribution in [1.82, 2.24) is 16.1 Å². The summed E-state index contributed by atoms with van der Waals surface area (Å²) in [4.78, 5) is 0. The Kier molecular flexibility index (Phi) is 0.994. The average Bonchev–Trinajstić information content (AvgIpc) is 1.91. The summed E-state index contributed by atoms with van der Waals surface area (Å²) in [5.41, 5.74) is 5.13. The van der Waals surface area contributed by atoms with E-state index in [1.165, 1.54) is 0 Å². The largest absolute Gasteiger partial charge is 0.739 e. The van der Waals surface area contributed by atoms with E-state index in [1.807, 2.05) is 0 Å². The van der Waals surface area contributed by atoms with E-state index < -0.39 is 0 Å². The smallest absolute Gasteiger partial charge is 0.0244 e. The fourth-order valence-electron chi connectivity index (χ4n) is 0.271. The monoisotopic (exact) mass is 117 g/mol. The van der Waals surface area contributed by atoms with Crippen LogP contribution in [0, 0.1) is 0 Å². The predicted molar refractivity (Wildman–Crippen MR) is 28.8 cm³/mol. The SMILES string of the molecule is CN1NNN=C1[S-]. The quantitative estimate of drug-likeness (QED) is 0.389. The number of hydrogen-bond donors (Lipinski definition) is 2. The Morgan fingerprint density at radius 2 is 2.57 bits per heavy atom. The summed E-state index contributed by atoms with van der Waals surface area (Å²) in [6.07, 6.45) is 0. The fraction of sp³-hybridized carbons (Fsp3) is 0.500. The first kappa shape index (κ1) is 4.61. The zero-order chi connectivity index (χ0) is 5.28. The molecule has 0 saturated carbocycles. The summed E-state index contributed by atoms with van der Waals surface area (Å²) in [6, 6.07) is 0. The third-order valence-electron chi connectivity index (χ3n) is 0.656. The molecule has 1 aliphatic heterocycles. The Morgan fingerprint density at radius 3 is 2.71 bits per heavy atom. The van der Waals surface area contributed by atoms with E-state index in [1.54, 1.807) is 12.1 Å². The Bertz CT molecular complexity index is 99.9. The molecule has 1 rings (SSSR count). The molecule has 4 nitrogen and oxygen atoms in total. The Balaban J connectivity index is 2.54. The molecule has 1 aliphatic rings. The highest BCUT2D eigenvalue weighted by Gasteiger charge is 1.95. The lowest BCUT2D eigenvalue weighted by Crippen LogP contribution is -2.36. The van der Waals surface area contributed by atoms with Gasteiger partial charge in [-0.1, -0.05) is 0 Å².